The number of benzene rings is 1. The normalized spacial score (nSPS) is 15.2. The van der Waals surface area contributed by atoms with Crippen LogP contribution < -0.4 is 5.73 Å². The molecule has 0 radical (unpaired) electrons. The van der Waals surface area contributed by atoms with E-state index in [9.17, 15) is 5.11 Å². The molecule has 0 aliphatic rings. The summed E-state index contributed by atoms with van der Waals surface area (Å²) in [5.74, 6) is 0. The average molecular weight is 279 g/mol. The van der Waals surface area contributed by atoms with E-state index in [1.54, 1.807) is 12.1 Å². The van der Waals surface area contributed by atoms with Gasteiger partial charge in [-0.15, -0.1) is 0 Å². The quantitative estimate of drug-likeness (QED) is 0.893. The minimum Gasteiger partial charge on any atom is -0.391 e. The van der Waals surface area contributed by atoms with Crippen LogP contribution in [0.25, 0.3) is 0 Å². The number of aliphatic hydroxyl groups excluding tert-OH is 1. The minimum atomic E-state index is -0.521. The highest BCUT2D eigenvalue weighted by Gasteiger charge is 2.17. The molecule has 1 aromatic carbocycles. The van der Waals surface area contributed by atoms with Crippen LogP contribution in [0.2, 0.25) is 5.02 Å². The maximum absolute atomic E-state index is 9.59. The Labute approximate surface area is 97.2 Å². The van der Waals surface area contributed by atoms with Gasteiger partial charge in [0.2, 0.25) is 0 Å². The smallest absolute Gasteiger partial charge is 0.0730 e. The van der Waals surface area contributed by atoms with Crippen LogP contribution in [0.4, 0.5) is 0 Å². The third kappa shape index (κ3) is 2.70. The van der Waals surface area contributed by atoms with Gasteiger partial charge in [-0.2, -0.15) is 0 Å². The van der Waals surface area contributed by atoms with Crippen molar-refractivity contribution in [2.24, 2.45) is 5.73 Å². The lowest BCUT2D eigenvalue weighted by Crippen LogP contribution is -2.25. The maximum atomic E-state index is 9.59. The third-order valence-corrected chi connectivity index (χ3v) is 3.08. The predicted molar refractivity (Wildman–Crippen MR) is 62.4 cm³/mol. The van der Waals surface area contributed by atoms with E-state index < -0.39 is 6.10 Å². The number of hydrogen-bond donors (Lipinski definition) is 2. The lowest BCUT2D eigenvalue weighted by atomic mass is 10.0. The van der Waals surface area contributed by atoms with Gasteiger partial charge < -0.3 is 10.8 Å². The summed E-state index contributed by atoms with van der Waals surface area (Å²) in [4.78, 5) is 0. The van der Waals surface area contributed by atoms with Crippen molar-refractivity contribution in [1.29, 1.82) is 0 Å². The lowest BCUT2D eigenvalue weighted by Gasteiger charge is -2.18. The van der Waals surface area contributed by atoms with Crippen molar-refractivity contribution in [2.75, 3.05) is 0 Å². The molecule has 0 aliphatic heterocycles. The van der Waals surface area contributed by atoms with Gasteiger partial charge in [-0.05, 0) is 24.1 Å². The fraction of sp³-hybridized carbons (Fsp3) is 0.400. The molecule has 2 atom stereocenters. The van der Waals surface area contributed by atoms with E-state index in [4.69, 9.17) is 17.3 Å². The molecule has 0 amide bonds. The van der Waals surface area contributed by atoms with Crippen LogP contribution in [0, 0.1) is 0 Å². The van der Waals surface area contributed by atoms with Gasteiger partial charge >= 0.3 is 0 Å². The number of halogens is 2. The minimum absolute atomic E-state index is 0.369. The monoisotopic (exact) mass is 277 g/mol. The fourth-order valence-corrected chi connectivity index (χ4v) is 2.18. The Morgan fingerprint density at radius 2 is 2.21 bits per heavy atom. The zero-order valence-electron chi connectivity index (χ0n) is 7.87. The van der Waals surface area contributed by atoms with Crippen LogP contribution in [-0.4, -0.2) is 11.2 Å². The zero-order chi connectivity index (χ0) is 10.7. The molecule has 0 spiro atoms. The fourth-order valence-electron chi connectivity index (χ4n) is 1.23. The summed E-state index contributed by atoms with van der Waals surface area (Å²) < 4.78 is 0.838. The molecular weight excluding hydrogens is 265 g/mol. The van der Waals surface area contributed by atoms with E-state index in [-0.39, 0.29) is 6.04 Å². The maximum Gasteiger partial charge on any atom is 0.0730 e. The molecule has 2 nitrogen and oxygen atoms in total. The average Bonchev–Trinajstić information content (AvgIpc) is 2.15. The van der Waals surface area contributed by atoms with Crippen molar-refractivity contribution in [1.82, 2.24) is 0 Å². The highest BCUT2D eigenvalue weighted by atomic mass is 79.9. The zero-order valence-corrected chi connectivity index (χ0v) is 10.2. The Hall–Kier alpha value is -0.0900. The summed E-state index contributed by atoms with van der Waals surface area (Å²) in [5.41, 5.74) is 6.76. The highest BCUT2D eigenvalue weighted by Crippen LogP contribution is 2.27. The van der Waals surface area contributed by atoms with Gasteiger partial charge in [0.25, 0.3) is 0 Å². The van der Waals surface area contributed by atoms with Crippen LogP contribution in [0.1, 0.15) is 24.9 Å². The molecule has 0 aromatic heterocycles. The molecule has 0 saturated carbocycles. The van der Waals surface area contributed by atoms with E-state index in [0.29, 0.717) is 11.4 Å². The number of aliphatic hydroxyl groups is 1. The first-order valence-corrected chi connectivity index (χ1v) is 5.62. The Morgan fingerprint density at radius 3 is 2.71 bits per heavy atom. The number of hydrogen-bond acceptors (Lipinski definition) is 2. The largest absolute Gasteiger partial charge is 0.391 e. The van der Waals surface area contributed by atoms with Gasteiger partial charge in [-0.25, -0.2) is 0 Å². The molecule has 4 heteroatoms. The molecule has 0 fully saturated rings. The first-order valence-electron chi connectivity index (χ1n) is 4.44. The number of nitrogens with two attached hydrogens (primary N) is 1. The molecule has 0 unspecified atom stereocenters. The number of rotatable bonds is 3. The summed E-state index contributed by atoms with van der Waals surface area (Å²) in [5, 5.41) is 10.2. The van der Waals surface area contributed by atoms with E-state index in [1.165, 1.54) is 0 Å². The Balaban J connectivity index is 2.95. The topological polar surface area (TPSA) is 46.2 Å². The highest BCUT2D eigenvalue weighted by molar-refractivity contribution is 9.10. The van der Waals surface area contributed by atoms with E-state index in [1.807, 2.05) is 13.0 Å². The van der Waals surface area contributed by atoms with E-state index in [2.05, 4.69) is 15.9 Å². The first kappa shape index (κ1) is 12.0. The molecular formula is C10H13BrClNO. The second-order valence-corrected chi connectivity index (χ2v) is 4.46. The molecule has 78 valence electrons. The van der Waals surface area contributed by atoms with Crippen LogP contribution in [0.15, 0.2) is 22.7 Å². The molecule has 1 aromatic rings. The van der Waals surface area contributed by atoms with Gasteiger partial charge in [0.05, 0.1) is 12.1 Å². The summed E-state index contributed by atoms with van der Waals surface area (Å²) in [6.07, 6.45) is 0.114. The van der Waals surface area contributed by atoms with Gasteiger partial charge in [0.15, 0.2) is 0 Å². The summed E-state index contributed by atoms with van der Waals surface area (Å²) >= 11 is 9.17. The molecule has 3 N–H and O–H groups in total. The molecule has 0 bridgehead atoms. The van der Waals surface area contributed by atoms with E-state index in [0.717, 1.165) is 10.0 Å². The summed E-state index contributed by atoms with van der Waals surface area (Å²) in [6, 6.07) is 5.01. The molecule has 0 aliphatic carbocycles. The predicted octanol–water partition coefficient (Wildman–Crippen LogP) is 2.87. The lowest BCUT2D eigenvalue weighted by molar-refractivity contribution is 0.140. The van der Waals surface area contributed by atoms with Crippen molar-refractivity contribution in [3.63, 3.8) is 0 Å². The van der Waals surface area contributed by atoms with Crippen molar-refractivity contribution in [3.8, 4) is 0 Å². The van der Waals surface area contributed by atoms with Crippen molar-refractivity contribution < 1.29 is 5.11 Å². The van der Waals surface area contributed by atoms with Crippen molar-refractivity contribution in [2.45, 2.75) is 25.5 Å². The third-order valence-electron chi connectivity index (χ3n) is 2.15. The van der Waals surface area contributed by atoms with Crippen LogP contribution in [0.5, 0.6) is 0 Å². The second kappa shape index (κ2) is 5.12. The Kier molecular flexibility index (Phi) is 4.38. The van der Waals surface area contributed by atoms with Gasteiger partial charge in [-0.3, -0.25) is 0 Å². The molecule has 0 heterocycles. The standard InChI is InChI=1S/C10H13BrClNO/c1-2-9(14)10(13)7-4-3-6(12)5-8(7)11/h3-5,9-10,14H,2,13H2,1H3/t9-,10+/m0/s1. The van der Waals surface area contributed by atoms with Crippen molar-refractivity contribution >= 4 is 27.5 Å². The first-order chi connectivity index (χ1) is 6.56. The molecule has 1 rings (SSSR count). The van der Waals surface area contributed by atoms with Gasteiger partial charge in [-0.1, -0.05) is 40.5 Å². The van der Waals surface area contributed by atoms with Gasteiger partial charge in [0.1, 0.15) is 0 Å². The van der Waals surface area contributed by atoms with Crippen LogP contribution in [-0.2, 0) is 0 Å². The molecule has 0 saturated heterocycles. The SMILES string of the molecule is CC[C@H](O)[C@H](N)c1ccc(Cl)cc1Br. The van der Waals surface area contributed by atoms with Crippen LogP contribution >= 0.6 is 27.5 Å². The summed E-state index contributed by atoms with van der Waals surface area (Å²) in [6.45, 7) is 1.90. The second-order valence-electron chi connectivity index (χ2n) is 3.17. The van der Waals surface area contributed by atoms with Gasteiger partial charge in [0, 0.05) is 9.50 Å². The van der Waals surface area contributed by atoms with E-state index >= 15 is 0 Å². The van der Waals surface area contributed by atoms with Crippen LogP contribution in [0.3, 0.4) is 0 Å². The Morgan fingerprint density at radius 1 is 1.57 bits per heavy atom. The molecule has 14 heavy (non-hydrogen) atoms. The summed E-state index contributed by atoms with van der Waals surface area (Å²) in [7, 11) is 0. The van der Waals surface area contributed by atoms with Crippen molar-refractivity contribution in [3.05, 3.63) is 33.3 Å². The Bertz CT molecular complexity index is 319.